The maximum atomic E-state index is 13.5. The summed E-state index contributed by atoms with van der Waals surface area (Å²) in [6, 6.07) is 9.81. The van der Waals surface area contributed by atoms with Crippen molar-refractivity contribution in [3.05, 3.63) is 47.8 Å². The molecule has 0 atom stereocenters. The molecule has 2 aromatic carbocycles. The van der Waals surface area contributed by atoms with Crippen molar-refractivity contribution in [3.63, 3.8) is 0 Å². The number of terminal acetylenes is 1. The molecular formula is C15H11FO. The van der Waals surface area contributed by atoms with Crippen molar-refractivity contribution >= 4 is 16.6 Å². The topological polar surface area (TPSA) is 17.1 Å². The van der Waals surface area contributed by atoms with Crippen LogP contribution in [-0.4, -0.2) is 5.78 Å². The standard InChI is InChI=1S/C15H11FO/c1-2-3-8-15(17)13-9-10-14(16)12-7-5-4-6-11(12)13/h1,4-7,9-10H,3,8H2. The van der Waals surface area contributed by atoms with Crippen LogP contribution in [0.15, 0.2) is 36.4 Å². The van der Waals surface area contributed by atoms with Crippen LogP contribution in [0.4, 0.5) is 4.39 Å². The molecule has 0 heterocycles. The molecule has 0 aliphatic rings. The zero-order chi connectivity index (χ0) is 12.3. The van der Waals surface area contributed by atoms with E-state index in [1.807, 2.05) is 0 Å². The Labute approximate surface area is 99.3 Å². The van der Waals surface area contributed by atoms with E-state index in [0.717, 1.165) is 0 Å². The number of fused-ring (bicyclic) bond motifs is 1. The van der Waals surface area contributed by atoms with Gasteiger partial charge in [-0.25, -0.2) is 4.39 Å². The van der Waals surface area contributed by atoms with Crippen molar-refractivity contribution in [1.29, 1.82) is 0 Å². The molecule has 0 unspecified atom stereocenters. The molecule has 2 heteroatoms. The highest BCUT2D eigenvalue weighted by Crippen LogP contribution is 2.23. The molecule has 0 saturated carbocycles. The van der Waals surface area contributed by atoms with E-state index in [4.69, 9.17) is 6.42 Å². The normalized spacial score (nSPS) is 10.1. The second kappa shape index (κ2) is 4.80. The Hall–Kier alpha value is -2.14. The van der Waals surface area contributed by atoms with Crippen LogP contribution in [0.3, 0.4) is 0 Å². The van der Waals surface area contributed by atoms with E-state index >= 15 is 0 Å². The molecular weight excluding hydrogens is 215 g/mol. The zero-order valence-corrected chi connectivity index (χ0v) is 9.24. The summed E-state index contributed by atoms with van der Waals surface area (Å²) >= 11 is 0. The van der Waals surface area contributed by atoms with Gasteiger partial charge in [-0.15, -0.1) is 12.3 Å². The second-order valence-corrected chi connectivity index (χ2v) is 3.77. The number of carbonyl (C=O) groups excluding carboxylic acids is 1. The molecule has 0 spiro atoms. The Kier molecular flexibility index (Phi) is 3.20. The Morgan fingerprint density at radius 2 is 1.88 bits per heavy atom. The third-order valence-corrected chi connectivity index (χ3v) is 2.67. The van der Waals surface area contributed by atoms with Crippen LogP contribution in [-0.2, 0) is 0 Å². The highest BCUT2D eigenvalue weighted by molar-refractivity contribution is 6.08. The van der Waals surface area contributed by atoms with Crippen LogP contribution in [0, 0.1) is 18.2 Å². The van der Waals surface area contributed by atoms with E-state index in [-0.39, 0.29) is 11.6 Å². The van der Waals surface area contributed by atoms with Gasteiger partial charge in [0.15, 0.2) is 5.78 Å². The Bertz CT molecular complexity index is 608. The first-order valence-corrected chi connectivity index (χ1v) is 5.38. The zero-order valence-electron chi connectivity index (χ0n) is 9.24. The first-order chi connectivity index (χ1) is 8.24. The SMILES string of the molecule is C#CCCC(=O)c1ccc(F)c2ccccc12. The largest absolute Gasteiger partial charge is 0.294 e. The van der Waals surface area contributed by atoms with Gasteiger partial charge in [-0.3, -0.25) is 4.79 Å². The Morgan fingerprint density at radius 3 is 2.59 bits per heavy atom. The Balaban J connectivity index is 2.52. The highest BCUT2D eigenvalue weighted by Gasteiger charge is 2.11. The van der Waals surface area contributed by atoms with Gasteiger partial charge >= 0.3 is 0 Å². The fourth-order valence-corrected chi connectivity index (χ4v) is 1.83. The second-order valence-electron chi connectivity index (χ2n) is 3.77. The maximum Gasteiger partial charge on any atom is 0.164 e. The number of Topliss-reactive ketones (excluding diaryl/α,β-unsaturated/α-hetero) is 1. The minimum Gasteiger partial charge on any atom is -0.294 e. The fraction of sp³-hybridized carbons (Fsp3) is 0.133. The molecule has 2 aromatic rings. The van der Waals surface area contributed by atoms with Gasteiger partial charge in [0.2, 0.25) is 0 Å². The molecule has 1 nitrogen and oxygen atoms in total. The molecule has 0 amide bonds. The lowest BCUT2D eigenvalue weighted by Gasteiger charge is -2.05. The van der Waals surface area contributed by atoms with Crippen LogP contribution >= 0.6 is 0 Å². The molecule has 0 aromatic heterocycles. The van der Waals surface area contributed by atoms with Crippen LogP contribution in [0.25, 0.3) is 10.8 Å². The minimum absolute atomic E-state index is 0.0425. The molecule has 84 valence electrons. The fourth-order valence-electron chi connectivity index (χ4n) is 1.83. The van der Waals surface area contributed by atoms with Crippen molar-refractivity contribution in [2.75, 3.05) is 0 Å². The van der Waals surface area contributed by atoms with E-state index in [2.05, 4.69) is 5.92 Å². The first kappa shape index (κ1) is 11.3. The van der Waals surface area contributed by atoms with Crippen molar-refractivity contribution in [2.24, 2.45) is 0 Å². The van der Waals surface area contributed by atoms with Crippen LogP contribution < -0.4 is 0 Å². The van der Waals surface area contributed by atoms with Gasteiger partial charge in [0, 0.05) is 23.8 Å². The molecule has 0 fully saturated rings. The van der Waals surface area contributed by atoms with Crippen molar-refractivity contribution < 1.29 is 9.18 Å². The summed E-state index contributed by atoms with van der Waals surface area (Å²) in [6.07, 6.45) is 5.83. The Morgan fingerprint density at radius 1 is 1.18 bits per heavy atom. The van der Waals surface area contributed by atoms with Gasteiger partial charge in [0.05, 0.1) is 0 Å². The molecule has 0 bridgehead atoms. The highest BCUT2D eigenvalue weighted by atomic mass is 19.1. The summed E-state index contributed by atoms with van der Waals surface area (Å²) in [6.45, 7) is 0. The predicted molar refractivity (Wildman–Crippen MR) is 66.3 cm³/mol. The summed E-state index contributed by atoms with van der Waals surface area (Å²) in [7, 11) is 0. The monoisotopic (exact) mass is 226 g/mol. The smallest absolute Gasteiger partial charge is 0.164 e. The lowest BCUT2D eigenvalue weighted by atomic mass is 9.99. The van der Waals surface area contributed by atoms with Crippen molar-refractivity contribution in [1.82, 2.24) is 0 Å². The lowest BCUT2D eigenvalue weighted by molar-refractivity contribution is 0.0986. The molecule has 17 heavy (non-hydrogen) atoms. The average molecular weight is 226 g/mol. The summed E-state index contributed by atoms with van der Waals surface area (Å²) in [5, 5.41) is 1.12. The van der Waals surface area contributed by atoms with Crippen molar-refractivity contribution in [3.8, 4) is 12.3 Å². The van der Waals surface area contributed by atoms with Crippen LogP contribution in [0.1, 0.15) is 23.2 Å². The van der Waals surface area contributed by atoms with E-state index in [9.17, 15) is 9.18 Å². The van der Waals surface area contributed by atoms with Crippen LogP contribution in [0.5, 0.6) is 0 Å². The van der Waals surface area contributed by atoms with Gasteiger partial charge in [-0.05, 0) is 17.5 Å². The molecule has 0 N–H and O–H groups in total. The van der Waals surface area contributed by atoms with Gasteiger partial charge < -0.3 is 0 Å². The number of rotatable bonds is 3. The van der Waals surface area contributed by atoms with Gasteiger partial charge in [0.1, 0.15) is 5.82 Å². The molecule has 0 aliphatic heterocycles. The summed E-state index contributed by atoms with van der Waals surface area (Å²) in [4.78, 5) is 11.9. The number of hydrogen-bond donors (Lipinski definition) is 0. The maximum absolute atomic E-state index is 13.5. The van der Waals surface area contributed by atoms with E-state index in [1.54, 1.807) is 24.3 Å². The summed E-state index contributed by atoms with van der Waals surface area (Å²) in [5.41, 5.74) is 0.539. The number of hydrogen-bond acceptors (Lipinski definition) is 1. The average Bonchev–Trinajstić information content (AvgIpc) is 2.37. The first-order valence-electron chi connectivity index (χ1n) is 5.38. The van der Waals surface area contributed by atoms with Gasteiger partial charge in [-0.2, -0.15) is 0 Å². The van der Waals surface area contributed by atoms with Crippen LogP contribution in [0.2, 0.25) is 0 Å². The molecule has 0 radical (unpaired) electrons. The summed E-state index contributed by atoms with van der Waals surface area (Å²) in [5.74, 6) is 2.08. The van der Waals surface area contributed by atoms with Gasteiger partial charge in [-0.1, -0.05) is 24.3 Å². The quantitative estimate of drug-likeness (QED) is 0.577. The number of halogens is 1. The molecule has 0 aliphatic carbocycles. The number of benzene rings is 2. The third-order valence-electron chi connectivity index (χ3n) is 2.67. The lowest BCUT2D eigenvalue weighted by Crippen LogP contribution is -2.00. The predicted octanol–water partition coefficient (Wildman–Crippen LogP) is 3.58. The number of carbonyl (C=O) groups is 1. The van der Waals surface area contributed by atoms with Crippen molar-refractivity contribution in [2.45, 2.75) is 12.8 Å². The minimum atomic E-state index is -0.311. The van der Waals surface area contributed by atoms with E-state index in [1.165, 1.54) is 12.1 Å². The summed E-state index contributed by atoms with van der Waals surface area (Å²) < 4.78 is 13.5. The number of ketones is 1. The third kappa shape index (κ3) is 2.19. The molecule has 2 rings (SSSR count). The van der Waals surface area contributed by atoms with E-state index in [0.29, 0.717) is 29.2 Å². The van der Waals surface area contributed by atoms with E-state index < -0.39 is 0 Å². The van der Waals surface area contributed by atoms with Gasteiger partial charge in [0.25, 0.3) is 0 Å². The molecule has 0 saturated heterocycles.